The molecule has 17 heavy (non-hydrogen) atoms. The van der Waals surface area contributed by atoms with Crippen LogP contribution in [-0.2, 0) is 11.2 Å². The SMILES string of the molecule is O=C(Cc1cncnc1)NOc1ccccc1. The third-order valence-corrected chi connectivity index (χ3v) is 2.00. The van der Waals surface area contributed by atoms with E-state index in [1.807, 2.05) is 18.2 Å². The van der Waals surface area contributed by atoms with Gasteiger partial charge in [-0.2, -0.15) is 5.48 Å². The minimum absolute atomic E-state index is 0.188. The molecule has 1 N–H and O–H groups in total. The van der Waals surface area contributed by atoms with Gasteiger partial charge in [0.25, 0.3) is 5.91 Å². The zero-order valence-electron chi connectivity index (χ0n) is 9.04. The molecule has 1 aromatic heterocycles. The quantitative estimate of drug-likeness (QED) is 0.798. The number of carbonyl (C=O) groups is 1. The van der Waals surface area contributed by atoms with E-state index in [2.05, 4.69) is 15.4 Å². The smallest absolute Gasteiger partial charge is 0.257 e. The van der Waals surface area contributed by atoms with Gasteiger partial charge in [-0.1, -0.05) is 18.2 Å². The Morgan fingerprint density at radius 3 is 2.59 bits per heavy atom. The lowest BCUT2D eigenvalue weighted by atomic mass is 10.2. The van der Waals surface area contributed by atoms with Gasteiger partial charge in [-0.3, -0.25) is 4.79 Å². The first-order chi connectivity index (χ1) is 8.34. The van der Waals surface area contributed by atoms with Gasteiger partial charge in [0.1, 0.15) is 6.33 Å². The number of nitrogens with one attached hydrogen (secondary N) is 1. The number of nitrogens with zero attached hydrogens (tertiary/aromatic N) is 2. The molecule has 0 saturated carbocycles. The maximum atomic E-state index is 11.5. The van der Waals surface area contributed by atoms with Gasteiger partial charge in [0, 0.05) is 12.4 Å². The molecule has 5 nitrogen and oxygen atoms in total. The second kappa shape index (κ2) is 5.60. The summed E-state index contributed by atoms with van der Waals surface area (Å²) in [5.41, 5.74) is 3.09. The Bertz CT molecular complexity index is 474. The number of hydroxylamine groups is 1. The first-order valence-corrected chi connectivity index (χ1v) is 5.09. The van der Waals surface area contributed by atoms with Crippen LogP contribution in [0.4, 0.5) is 0 Å². The van der Waals surface area contributed by atoms with E-state index in [1.165, 1.54) is 6.33 Å². The van der Waals surface area contributed by atoms with Gasteiger partial charge >= 0.3 is 0 Å². The number of hydrogen-bond donors (Lipinski definition) is 1. The molecule has 0 atom stereocenters. The van der Waals surface area contributed by atoms with Crippen molar-refractivity contribution in [2.75, 3.05) is 0 Å². The number of amides is 1. The average Bonchev–Trinajstić information content (AvgIpc) is 2.39. The number of rotatable bonds is 4. The van der Waals surface area contributed by atoms with Crippen LogP contribution in [0.3, 0.4) is 0 Å². The lowest BCUT2D eigenvalue weighted by Crippen LogP contribution is -2.28. The predicted octanol–water partition coefficient (Wildman–Crippen LogP) is 1.13. The summed E-state index contributed by atoms with van der Waals surface area (Å²) < 4.78 is 0. The minimum atomic E-state index is -0.247. The van der Waals surface area contributed by atoms with Gasteiger partial charge in [0.05, 0.1) is 6.42 Å². The third kappa shape index (κ3) is 3.57. The molecule has 86 valence electrons. The number of hydrogen-bond acceptors (Lipinski definition) is 4. The van der Waals surface area contributed by atoms with E-state index in [0.717, 1.165) is 5.56 Å². The first kappa shape index (κ1) is 11.1. The van der Waals surface area contributed by atoms with E-state index in [4.69, 9.17) is 4.84 Å². The molecule has 0 aliphatic carbocycles. The van der Waals surface area contributed by atoms with E-state index in [1.54, 1.807) is 24.5 Å². The van der Waals surface area contributed by atoms with Crippen molar-refractivity contribution < 1.29 is 9.63 Å². The van der Waals surface area contributed by atoms with Crippen LogP contribution in [0.15, 0.2) is 49.1 Å². The van der Waals surface area contributed by atoms with Crippen LogP contribution >= 0.6 is 0 Å². The Balaban J connectivity index is 1.83. The molecule has 0 aliphatic rings. The van der Waals surface area contributed by atoms with E-state index >= 15 is 0 Å². The maximum Gasteiger partial charge on any atom is 0.257 e. The maximum absolute atomic E-state index is 11.5. The Kier molecular flexibility index (Phi) is 3.64. The first-order valence-electron chi connectivity index (χ1n) is 5.09. The van der Waals surface area contributed by atoms with Crippen molar-refractivity contribution in [3.63, 3.8) is 0 Å². The van der Waals surface area contributed by atoms with Crippen molar-refractivity contribution in [3.8, 4) is 5.75 Å². The summed E-state index contributed by atoms with van der Waals surface area (Å²) in [5, 5.41) is 0. The van der Waals surface area contributed by atoms with E-state index < -0.39 is 0 Å². The Labute approximate surface area is 98.4 Å². The second-order valence-electron chi connectivity index (χ2n) is 3.36. The van der Waals surface area contributed by atoms with Gasteiger partial charge in [-0.25, -0.2) is 9.97 Å². The molecule has 1 heterocycles. The predicted molar refractivity (Wildman–Crippen MR) is 60.9 cm³/mol. The standard InChI is InChI=1S/C12H11N3O2/c16-12(6-10-7-13-9-14-8-10)15-17-11-4-2-1-3-5-11/h1-5,7-9H,6H2,(H,15,16). The van der Waals surface area contributed by atoms with Gasteiger partial charge in [0.15, 0.2) is 5.75 Å². The molecule has 0 aliphatic heterocycles. The zero-order chi connectivity index (χ0) is 11.9. The number of aromatic nitrogens is 2. The van der Waals surface area contributed by atoms with Crippen LogP contribution in [0.1, 0.15) is 5.56 Å². The van der Waals surface area contributed by atoms with Crippen molar-refractivity contribution in [1.29, 1.82) is 0 Å². The molecule has 1 aromatic carbocycles. The van der Waals surface area contributed by atoms with Crippen molar-refractivity contribution in [2.45, 2.75) is 6.42 Å². The Morgan fingerprint density at radius 1 is 1.18 bits per heavy atom. The summed E-state index contributed by atoms with van der Waals surface area (Å²) in [6, 6.07) is 9.03. The van der Waals surface area contributed by atoms with Gasteiger partial charge in [0.2, 0.25) is 0 Å². The van der Waals surface area contributed by atoms with Crippen LogP contribution in [-0.4, -0.2) is 15.9 Å². The molecular formula is C12H11N3O2. The molecule has 0 unspecified atom stereocenters. The summed E-state index contributed by atoms with van der Waals surface area (Å²) in [6.07, 6.45) is 4.79. The number of para-hydroxylation sites is 1. The van der Waals surface area contributed by atoms with Crippen molar-refractivity contribution >= 4 is 5.91 Å². The normalized spacial score (nSPS) is 9.65. The Morgan fingerprint density at radius 2 is 1.88 bits per heavy atom. The largest absolute Gasteiger partial charge is 0.380 e. The molecular weight excluding hydrogens is 218 g/mol. The molecule has 0 saturated heterocycles. The fraction of sp³-hybridized carbons (Fsp3) is 0.0833. The van der Waals surface area contributed by atoms with E-state index in [9.17, 15) is 4.79 Å². The fourth-order valence-electron chi connectivity index (χ4n) is 1.25. The van der Waals surface area contributed by atoms with Crippen LogP contribution in [0.2, 0.25) is 0 Å². The van der Waals surface area contributed by atoms with Crippen LogP contribution in [0.25, 0.3) is 0 Å². The van der Waals surface area contributed by atoms with Crippen molar-refractivity contribution in [3.05, 3.63) is 54.6 Å². The summed E-state index contributed by atoms with van der Waals surface area (Å²) in [6.45, 7) is 0. The lowest BCUT2D eigenvalue weighted by molar-refractivity contribution is -0.126. The number of carbonyl (C=O) groups excluding carboxylic acids is 1. The summed E-state index contributed by atoms with van der Waals surface area (Å²) in [5.74, 6) is 0.341. The summed E-state index contributed by atoms with van der Waals surface area (Å²) in [4.78, 5) is 24.2. The van der Waals surface area contributed by atoms with Crippen LogP contribution in [0, 0.1) is 0 Å². The fourth-order valence-corrected chi connectivity index (χ4v) is 1.25. The molecule has 1 amide bonds. The molecule has 5 heteroatoms. The second-order valence-corrected chi connectivity index (χ2v) is 3.36. The molecule has 0 bridgehead atoms. The third-order valence-electron chi connectivity index (χ3n) is 2.00. The molecule has 2 aromatic rings. The van der Waals surface area contributed by atoms with Crippen LogP contribution in [0.5, 0.6) is 5.75 Å². The number of benzene rings is 1. The average molecular weight is 229 g/mol. The van der Waals surface area contributed by atoms with E-state index in [0.29, 0.717) is 5.75 Å². The highest BCUT2D eigenvalue weighted by Gasteiger charge is 2.03. The molecule has 0 radical (unpaired) electrons. The van der Waals surface area contributed by atoms with E-state index in [-0.39, 0.29) is 12.3 Å². The summed E-state index contributed by atoms with van der Waals surface area (Å²) >= 11 is 0. The highest BCUT2D eigenvalue weighted by Crippen LogP contribution is 2.06. The van der Waals surface area contributed by atoms with Gasteiger partial charge in [-0.15, -0.1) is 0 Å². The highest BCUT2D eigenvalue weighted by molar-refractivity contribution is 5.77. The summed E-state index contributed by atoms with van der Waals surface area (Å²) in [7, 11) is 0. The molecule has 0 spiro atoms. The van der Waals surface area contributed by atoms with Crippen molar-refractivity contribution in [1.82, 2.24) is 15.4 Å². The van der Waals surface area contributed by atoms with Gasteiger partial charge < -0.3 is 4.84 Å². The zero-order valence-corrected chi connectivity index (χ0v) is 9.04. The highest BCUT2D eigenvalue weighted by atomic mass is 16.7. The van der Waals surface area contributed by atoms with Crippen LogP contribution < -0.4 is 10.3 Å². The topological polar surface area (TPSA) is 64.1 Å². The molecule has 0 fully saturated rings. The lowest BCUT2D eigenvalue weighted by Gasteiger charge is -2.06. The minimum Gasteiger partial charge on any atom is -0.380 e. The Hall–Kier alpha value is -2.43. The van der Waals surface area contributed by atoms with Gasteiger partial charge in [-0.05, 0) is 17.7 Å². The molecule has 2 rings (SSSR count). The monoisotopic (exact) mass is 229 g/mol. The van der Waals surface area contributed by atoms with Crippen molar-refractivity contribution in [2.24, 2.45) is 0 Å².